The Kier molecular flexibility index (Phi) is 5.39. The monoisotopic (exact) mass is 436 g/mol. The molecule has 0 bridgehead atoms. The number of rotatable bonds is 3. The average Bonchev–Trinajstić information content (AvgIpc) is 3.32. The molecule has 1 unspecified atom stereocenters. The van der Waals surface area contributed by atoms with E-state index in [1.54, 1.807) is 12.1 Å². The van der Waals surface area contributed by atoms with E-state index in [0.717, 1.165) is 36.8 Å². The molecule has 6 heteroatoms. The van der Waals surface area contributed by atoms with E-state index in [-0.39, 0.29) is 17.6 Å². The van der Waals surface area contributed by atoms with E-state index < -0.39 is 17.1 Å². The van der Waals surface area contributed by atoms with Gasteiger partial charge in [0.2, 0.25) is 5.91 Å². The highest BCUT2D eigenvalue weighted by atomic mass is 19.1. The van der Waals surface area contributed by atoms with Crippen LogP contribution in [-0.4, -0.2) is 42.1 Å². The van der Waals surface area contributed by atoms with Gasteiger partial charge in [0.05, 0.1) is 5.41 Å². The predicted molar refractivity (Wildman–Crippen MR) is 119 cm³/mol. The average molecular weight is 437 g/mol. The largest absolute Gasteiger partial charge is 0.442 e. The van der Waals surface area contributed by atoms with Crippen LogP contribution in [0.5, 0.6) is 0 Å². The molecule has 3 fully saturated rings. The number of piperidine rings is 1. The van der Waals surface area contributed by atoms with Gasteiger partial charge in [0.15, 0.2) is 0 Å². The number of hydrogen-bond donors (Lipinski definition) is 1. The number of carbonyl (C=O) groups is 2. The zero-order chi connectivity index (χ0) is 22.2. The van der Waals surface area contributed by atoms with Gasteiger partial charge in [-0.1, -0.05) is 55.3 Å². The molecule has 2 aromatic rings. The number of alkyl carbamates (subject to hydrolysis) is 1. The van der Waals surface area contributed by atoms with Gasteiger partial charge < -0.3 is 15.0 Å². The highest BCUT2D eigenvalue weighted by Gasteiger charge is 2.51. The van der Waals surface area contributed by atoms with Gasteiger partial charge in [-0.2, -0.15) is 0 Å². The lowest BCUT2D eigenvalue weighted by Crippen LogP contribution is -2.59. The Labute approximate surface area is 187 Å². The van der Waals surface area contributed by atoms with Crippen LogP contribution in [0.3, 0.4) is 0 Å². The fourth-order valence-corrected chi connectivity index (χ4v) is 5.98. The summed E-state index contributed by atoms with van der Waals surface area (Å²) in [6.07, 6.45) is 4.64. The third-order valence-corrected chi connectivity index (χ3v) is 7.74. The smallest absolute Gasteiger partial charge is 0.407 e. The van der Waals surface area contributed by atoms with Gasteiger partial charge in [-0.15, -0.1) is 0 Å². The number of likely N-dealkylation sites (tertiary alicyclic amines) is 1. The summed E-state index contributed by atoms with van der Waals surface area (Å²) in [5.41, 5.74) is 0.947. The van der Waals surface area contributed by atoms with Crippen LogP contribution in [0.1, 0.15) is 55.6 Å². The second-order valence-electron chi connectivity index (χ2n) is 9.39. The molecule has 2 heterocycles. The summed E-state index contributed by atoms with van der Waals surface area (Å²) in [7, 11) is 0. The van der Waals surface area contributed by atoms with Gasteiger partial charge in [0.25, 0.3) is 0 Å². The van der Waals surface area contributed by atoms with Crippen molar-refractivity contribution in [2.45, 2.75) is 55.5 Å². The number of carbonyl (C=O) groups excluding carboxylic acids is 2. The molecular weight excluding hydrogens is 407 g/mol. The van der Waals surface area contributed by atoms with E-state index in [1.807, 2.05) is 23.1 Å². The Hall–Kier alpha value is -2.89. The molecule has 168 valence electrons. The lowest BCUT2D eigenvalue weighted by Gasteiger charge is -2.49. The first-order valence-corrected chi connectivity index (χ1v) is 11.6. The van der Waals surface area contributed by atoms with Crippen molar-refractivity contribution in [3.63, 3.8) is 0 Å². The van der Waals surface area contributed by atoms with Crippen LogP contribution in [0.25, 0.3) is 0 Å². The highest BCUT2D eigenvalue weighted by molar-refractivity contribution is 5.88. The predicted octanol–water partition coefficient (Wildman–Crippen LogP) is 4.52. The van der Waals surface area contributed by atoms with Gasteiger partial charge in [-0.25, -0.2) is 9.18 Å². The fourth-order valence-electron chi connectivity index (χ4n) is 5.98. The van der Waals surface area contributed by atoms with Gasteiger partial charge in [-0.05, 0) is 36.1 Å². The number of ether oxygens (including phenoxy) is 1. The van der Waals surface area contributed by atoms with Crippen LogP contribution in [0.4, 0.5) is 9.18 Å². The Morgan fingerprint density at radius 2 is 1.62 bits per heavy atom. The van der Waals surface area contributed by atoms with Gasteiger partial charge in [0, 0.05) is 38.4 Å². The van der Waals surface area contributed by atoms with Crippen molar-refractivity contribution in [1.29, 1.82) is 0 Å². The molecule has 1 N–H and O–H groups in total. The summed E-state index contributed by atoms with van der Waals surface area (Å²) in [6, 6.07) is 16.6. The standard InChI is InChI=1S/C26H29FN2O3/c27-21-10-8-19(9-11-21)22-18-28-24(31)32-26(22)14-16-29(17-15-26)23(30)25(12-4-5-13-25)20-6-2-1-3-7-20/h1-3,6-11,22H,4-5,12-18H2,(H,28,31). The molecule has 1 saturated carbocycles. The molecule has 2 aromatic carbocycles. The van der Waals surface area contributed by atoms with Crippen molar-refractivity contribution in [2.75, 3.05) is 19.6 Å². The Bertz CT molecular complexity index is 978. The fraction of sp³-hybridized carbons (Fsp3) is 0.462. The summed E-state index contributed by atoms with van der Waals surface area (Å²) in [5.74, 6) is -0.158. The van der Waals surface area contributed by atoms with Crippen molar-refractivity contribution in [3.05, 3.63) is 71.5 Å². The minimum Gasteiger partial charge on any atom is -0.442 e. The first-order chi connectivity index (χ1) is 15.5. The van der Waals surface area contributed by atoms with Crippen LogP contribution in [0.15, 0.2) is 54.6 Å². The first kappa shape index (κ1) is 21.0. The first-order valence-electron chi connectivity index (χ1n) is 11.6. The van der Waals surface area contributed by atoms with Crippen LogP contribution in [0, 0.1) is 5.82 Å². The number of halogens is 1. The summed E-state index contributed by atoms with van der Waals surface area (Å²) < 4.78 is 19.4. The number of nitrogens with zero attached hydrogens (tertiary/aromatic N) is 1. The molecule has 3 aliphatic rings. The van der Waals surface area contributed by atoms with E-state index in [2.05, 4.69) is 17.4 Å². The minimum absolute atomic E-state index is 0.0763. The number of hydrogen-bond acceptors (Lipinski definition) is 3. The SMILES string of the molecule is O=C1NCC(c2ccc(F)cc2)C2(CCN(C(=O)C3(c4ccccc4)CCCC3)CC2)O1. The molecule has 2 amide bonds. The van der Waals surface area contributed by atoms with Crippen molar-refractivity contribution < 1.29 is 18.7 Å². The van der Waals surface area contributed by atoms with Crippen molar-refractivity contribution >= 4 is 12.0 Å². The molecule has 1 aliphatic carbocycles. The van der Waals surface area contributed by atoms with Crippen LogP contribution in [-0.2, 0) is 14.9 Å². The maximum absolute atomic E-state index is 13.8. The maximum Gasteiger partial charge on any atom is 0.407 e. The molecule has 2 saturated heterocycles. The van der Waals surface area contributed by atoms with E-state index in [0.29, 0.717) is 32.5 Å². The Morgan fingerprint density at radius 3 is 2.28 bits per heavy atom. The number of nitrogens with one attached hydrogen (secondary N) is 1. The molecule has 1 spiro atoms. The lowest BCUT2D eigenvalue weighted by atomic mass is 9.73. The molecule has 2 aliphatic heterocycles. The van der Waals surface area contributed by atoms with E-state index >= 15 is 0 Å². The Balaban J connectivity index is 1.37. The molecule has 1 atom stereocenters. The van der Waals surface area contributed by atoms with Crippen LogP contribution < -0.4 is 5.32 Å². The second kappa shape index (κ2) is 8.23. The van der Waals surface area contributed by atoms with Crippen LogP contribution in [0.2, 0.25) is 0 Å². The third-order valence-electron chi connectivity index (χ3n) is 7.74. The normalized spacial score (nSPS) is 24.1. The third kappa shape index (κ3) is 3.55. The number of benzene rings is 2. The zero-order valence-electron chi connectivity index (χ0n) is 18.2. The van der Waals surface area contributed by atoms with E-state index in [9.17, 15) is 14.0 Å². The molecular formula is C26H29FN2O3. The van der Waals surface area contributed by atoms with Crippen molar-refractivity contribution in [1.82, 2.24) is 10.2 Å². The summed E-state index contributed by atoms with van der Waals surface area (Å²) >= 11 is 0. The quantitative estimate of drug-likeness (QED) is 0.770. The molecule has 5 rings (SSSR count). The van der Waals surface area contributed by atoms with Crippen LogP contribution >= 0.6 is 0 Å². The van der Waals surface area contributed by atoms with Gasteiger partial charge in [-0.3, -0.25) is 4.79 Å². The lowest BCUT2D eigenvalue weighted by molar-refractivity contribution is -0.143. The molecule has 0 radical (unpaired) electrons. The second-order valence-corrected chi connectivity index (χ2v) is 9.39. The minimum atomic E-state index is -0.674. The molecule has 5 nitrogen and oxygen atoms in total. The van der Waals surface area contributed by atoms with Gasteiger partial charge in [0.1, 0.15) is 11.4 Å². The summed E-state index contributed by atoms with van der Waals surface area (Å²) in [6.45, 7) is 1.56. The van der Waals surface area contributed by atoms with E-state index in [4.69, 9.17) is 4.74 Å². The molecule has 0 aromatic heterocycles. The van der Waals surface area contributed by atoms with Gasteiger partial charge >= 0.3 is 6.09 Å². The van der Waals surface area contributed by atoms with Crippen molar-refractivity contribution in [3.8, 4) is 0 Å². The topological polar surface area (TPSA) is 58.6 Å². The van der Waals surface area contributed by atoms with E-state index in [1.165, 1.54) is 12.1 Å². The molecule has 32 heavy (non-hydrogen) atoms. The summed E-state index contributed by atoms with van der Waals surface area (Å²) in [5, 5.41) is 2.79. The maximum atomic E-state index is 13.8. The van der Waals surface area contributed by atoms with Crippen molar-refractivity contribution in [2.24, 2.45) is 0 Å². The Morgan fingerprint density at radius 1 is 0.969 bits per heavy atom. The highest BCUT2D eigenvalue weighted by Crippen LogP contribution is 2.46. The number of amides is 2. The zero-order valence-corrected chi connectivity index (χ0v) is 18.2. The summed E-state index contributed by atoms with van der Waals surface area (Å²) in [4.78, 5) is 27.9.